The number of aliphatic hydroxyl groups excluding tert-OH is 4. The van der Waals surface area contributed by atoms with Gasteiger partial charge >= 0.3 is 0 Å². The van der Waals surface area contributed by atoms with Crippen molar-refractivity contribution in [1.29, 1.82) is 0 Å². The Balaban J connectivity index is 1.65. The molecule has 0 radical (unpaired) electrons. The maximum absolute atomic E-state index is 12.9. The van der Waals surface area contributed by atoms with E-state index in [0.29, 0.717) is 48.3 Å². The number of carbonyl (C=O) groups excluding carboxylic acids is 1. The van der Waals surface area contributed by atoms with Crippen molar-refractivity contribution in [2.75, 3.05) is 32.9 Å². The molecule has 4 unspecified atom stereocenters. The molecule has 2 fully saturated rings. The number of carbonyl (C=O) groups is 1. The van der Waals surface area contributed by atoms with E-state index >= 15 is 0 Å². The lowest BCUT2D eigenvalue weighted by Crippen LogP contribution is -2.58. The molecule has 2 aromatic rings. The standard InChI is InChI=1S/C20H23N3O7/c24-10-15-18(26)19(27)17(25)14(30-15)2-1-11-7-12(8-13-9-21-22-16(11)13)20(28)23-3-5-29-6-4-23/h7-9,14-15,17-19,24-27H,3-6,10H2,(H,21,22)/t14?,15?,17?,18-,19?/m1/s1. The van der Waals surface area contributed by atoms with Crippen molar-refractivity contribution in [2.24, 2.45) is 0 Å². The molecule has 1 amide bonds. The second-order valence-corrected chi connectivity index (χ2v) is 7.28. The predicted molar refractivity (Wildman–Crippen MR) is 103 cm³/mol. The molecule has 5 atom stereocenters. The van der Waals surface area contributed by atoms with Crippen LogP contribution in [0.2, 0.25) is 0 Å². The Morgan fingerprint density at radius 2 is 1.97 bits per heavy atom. The quantitative estimate of drug-likeness (QED) is 0.361. The van der Waals surface area contributed by atoms with E-state index in [0.717, 1.165) is 0 Å². The van der Waals surface area contributed by atoms with Crippen LogP contribution in [0.15, 0.2) is 18.3 Å². The number of nitrogens with one attached hydrogen (secondary N) is 1. The molecule has 2 aliphatic rings. The SMILES string of the molecule is O=C(c1cc(C#CC2OC(CO)[C@@H](O)C(O)C2O)c2[nH]ncc2c1)N1CCOCC1. The minimum atomic E-state index is -1.50. The molecule has 1 aromatic carbocycles. The lowest BCUT2D eigenvalue weighted by Gasteiger charge is -2.37. The highest BCUT2D eigenvalue weighted by molar-refractivity contribution is 5.99. The van der Waals surface area contributed by atoms with Crippen LogP contribution in [0.3, 0.4) is 0 Å². The molecule has 10 nitrogen and oxygen atoms in total. The highest BCUT2D eigenvalue weighted by Gasteiger charge is 2.42. The van der Waals surface area contributed by atoms with E-state index in [-0.39, 0.29) is 5.91 Å². The van der Waals surface area contributed by atoms with Crippen molar-refractivity contribution in [3.05, 3.63) is 29.5 Å². The number of aliphatic hydroxyl groups is 4. The maximum Gasteiger partial charge on any atom is 0.254 e. The molecule has 160 valence electrons. The highest BCUT2D eigenvalue weighted by atomic mass is 16.5. The van der Waals surface area contributed by atoms with E-state index in [2.05, 4.69) is 22.0 Å². The molecule has 0 aliphatic carbocycles. The normalized spacial score (nSPS) is 29.5. The molecule has 30 heavy (non-hydrogen) atoms. The summed E-state index contributed by atoms with van der Waals surface area (Å²) in [6.45, 7) is 1.46. The Morgan fingerprint density at radius 1 is 1.20 bits per heavy atom. The first kappa shape index (κ1) is 20.7. The second kappa shape index (κ2) is 8.69. The van der Waals surface area contributed by atoms with Crippen LogP contribution in [0.4, 0.5) is 0 Å². The van der Waals surface area contributed by atoms with Crippen LogP contribution in [0.1, 0.15) is 15.9 Å². The number of ether oxygens (including phenoxy) is 2. The molecule has 5 N–H and O–H groups in total. The van der Waals surface area contributed by atoms with Crippen LogP contribution in [-0.4, -0.2) is 105 Å². The summed E-state index contributed by atoms with van der Waals surface area (Å²) >= 11 is 0. The van der Waals surface area contributed by atoms with Crippen LogP contribution in [0.5, 0.6) is 0 Å². The van der Waals surface area contributed by atoms with Gasteiger partial charge in [0.15, 0.2) is 0 Å². The molecule has 1 aromatic heterocycles. The Morgan fingerprint density at radius 3 is 2.70 bits per heavy atom. The highest BCUT2D eigenvalue weighted by Crippen LogP contribution is 2.23. The zero-order chi connectivity index (χ0) is 21.3. The van der Waals surface area contributed by atoms with E-state index in [9.17, 15) is 25.2 Å². The Labute approximate surface area is 172 Å². The fraction of sp³-hybridized carbons (Fsp3) is 0.500. The third kappa shape index (κ3) is 3.91. The maximum atomic E-state index is 12.9. The molecule has 0 saturated carbocycles. The van der Waals surface area contributed by atoms with Gasteiger partial charge in [0.2, 0.25) is 0 Å². The number of hydrogen-bond donors (Lipinski definition) is 5. The van der Waals surface area contributed by atoms with Crippen molar-refractivity contribution < 1.29 is 34.7 Å². The van der Waals surface area contributed by atoms with E-state index in [1.165, 1.54) is 0 Å². The van der Waals surface area contributed by atoms with E-state index in [4.69, 9.17) is 9.47 Å². The number of H-pyrrole nitrogens is 1. The average molecular weight is 417 g/mol. The number of rotatable bonds is 2. The molecule has 3 heterocycles. The van der Waals surface area contributed by atoms with Gasteiger partial charge in [0.25, 0.3) is 5.91 Å². The van der Waals surface area contributed by atoms with Gasteiger partial charge in [0.1, 0.15) is 30.5 Å². The van der Waals surface area contributed by atoms with Crippen molar-refractivity contribution in [1.82, 2.24) is 15.1 Å². The van der Waals surface area contributed by atoms with Crippen LogP contribution < -0.4 is 0 Å². The van der Waals surface area contributed by atoms with Crippen LogP contribution in [-0.2, 0) is 9.47 Å². The number of fused-ring (bicyclic) bond motifs is 1. The fourth-order valence-corrected chi connectivity index (χ4v) is 3.60. The monoisotopic (exact) mass is 417 g/mol. The molecular formula is C20H23N3O7. The molecule has 10 heteroatoms. The molecule has 2 aliphatic heterocycles. The van der Waals surface area contributed by atoms with Gasteiger partial charge < -0.3 is 34.8 Å². The summed E-state index contributed by atoms with van der Waals surface area (Å²) in [5, 5.41) is 46.9. The van der Waals surface area contributed by atoms with E-state index < -0.39 is 37.1 Å². The summed E-state index contributed by atoms with van der Waals surface area (Å²) in [6.07, 6.45) is -4.98. The van der Waals surface area contributed by atoms with E-state index in [1.807, 2.05) is 0 Å². The number of benzene rings is 1. The summed E-state index contributed by atoms with van der Waals surface area (Å²) in [6, 6.07) is 3.37. The van der Waals surface area contributed by atoms with Gasteiger partial charge in [0, 0.05) is 24.0 Å². The fourth-order valence-electron chi connectivity index (χ4n) is 3.60. The average Bonchev–Trinajstić information content (AvgIpc) is 3.26. The summed E-state index contributed by atoms with van der Waals surface area (Å²) in [7, 11) is 0. The largest absolute Gasteiger partial charge is 0.394 e. The zero-order valence-corrected chi connectivity index (χ0v) is 16.1. The van der Waals surface area contributed by atoms with Gasteiger partial charge in [-0.1, -0.05) is 11.8 Å². The zero-order valence-electron chi connectivity index (χ0n) is 16.1. The third-order valence-electron chi connectivity index (χ3n) is 5.34. The van der Waals surface area contributed by atoms with Gasteiger partial charge in [-0.25, -0.2) is 0 Å². The summed E-state index contributed by atoms with van der Waals surface area (Å²) in [5.41, 5.74) is 1.54. The number of aromatic nitrogens is 2. The van der Waals surface area contributed by atoms with Crippen molar-refractivity contribution in [2.45, 2.75) is 30.5 Å². The topological polar surface area (TPSA) is 148 Å². The lowest BCUT2D eigenvalue weighted by atomic mass is 9.95. The third-order valence-corrected chi connectivity index (χ3v) is 5.34. The lowest BCUT2D eigenvalue weighted by molar-refractivity contribution is -0.214. The summed E-state index contributed by atoms with van der Waals surface area (Å²) < 4.78 is 10.7. The van der Waals surface area contributed by atoms with E-state index in [1.54, 1.807) is 23.2 Å². The first-order valence-corrected chi connectivity index (χ1v) is 9.66. The van der Waals surface area contributed by atoms with Crippen LogP contribution in [0, 0.1) is 11.8 Å². The number of nitrogens with zero attached hydrogens (tertiary/aromatic N) is 2. The van der Waals surface area contributed by atoms with Crippen LogP contribution >= 0.6 is 0 Å². The van der Waals surface area contributed by atoms with Gasteiger partial charge in [-0.05, 0) is 12.1 Å². The summed E-state index contributed by atoms with van der Waals surface area (Å²) in [5.74, 6) is 5.47. The molecule has 0 spiro atoms. The van der Waals surface area contributed by atoms with Crippen molar-refractivity contribution in [3.8, 4) is 11.8 Å². The van der Waals surface area contributed by atoms with Crippen LogP contribution in [0.25, 0.3) is 10.9 Å². The van der Waals surface area contributed by atoms with Gasteiger partial charge in [-0.15, -0.1) is 0 Å². The Kier molecular flexibility index (Phi) is 6.01. The number of amides is 1. The molecule has 2 saturated heterocycles. The first-order chi connectivity index (χ1) is 14.5. The first-order valence-electron chi connectivity index (χ1n) is 9.66. The molecular weight excluding hydrogens is 394 g/mol. The number of aromatic amines is 1. The second-order valence-electron chi connectivity index (χ2n) is 7.28. The van der Waals surface area contributed by atoms with Gasteiger partial charge in [0.05, 0.1) is 37.1 Å². The Bertz CT molecular complexity index is 974. The van der Waals surface area contributed by atoms with Gasteiger partial charge in [-0.3, -0.25) is 9.89 Å². The molecule has 0 bridgehead atoms. The van der Waals surface area contributed by atoms with Gasteiger partial charge in [-0.2, -0.15) is 5.10 Å². The Hall–Kier alpha value is -2.52. The number of morpholine rings is 1. The van der Waals surface area contributed by atoms with Crippen molar-refractivity contribution >= 4 is 16.8 Å². The molecule has 4 rings (SSSR count). The number of hydrogen-bond acceptors (Lipinski definition) is 8. The minimum Gasteiger partial charge on any atom is -0.394 e. The predicted octanol–water partition coefficient (Wildman–Crippen LogP) is -1.77. The summed E-state index contributed by atoms with van der Waals surface area (Å²) in [4.78, 5) is 14.6. The van der Waals surface area contributed by atoms with Crippen molar-refractivity contribution in [3.63, 3.8) is 0 Å². The minimum absolute atomic E-state index is 0.141. The smallest absolute Gasteiger partial charge is 0.254 e.